The molecule has 0 saturated carbocycles. The fraction of sp³-hybridized carbons (Fsp3) is 0. The van der Waals surface area contributed by atoms with E-state index < -0.39 is 0 Å². The summed E-state index contributed by atoms with van der Waals surface area (Å²) < 4.78 is 11.6. The lowest BCUT2D eigenvalue weighted by Crippen LogP contribution is -2.00. The molecule has 0 N–H and O–H groups in total. The van der Waals surface area contributed by atoms with Gasteiger partial charge >= 0.3 is 0 Å². The fourth-order valence-electron chi connectivity index (χ4n) is 7.58. The molecule has 11 rings (SSSR count). The smallest absolute Gasteiger partial charge is 0.167 e. The minimum absolute atomic E-state index is 0.568. The van der Waals surface area contributed by atoms with Crippen molar-refractivity contribution in [1.82, 2.24) is 19.5 Å². The Labute approximate surface area is 295 Å². The molecule has 238 valence electrons. The van der Waals surface area contributed by atoms with Gasteiger partial charge in [0, 0.05) is 47.5 Å². The lowest BCUT2D eigenvalue weighted by Gasteiger charge is -2.10. The van der Waals surface area contributed by atoms with E-state index in [0.717, 1.165) is 55.3 Å². The van der Waals surface area contributed by atoms with E-state index in [2.05, 4.69) is 120 Å². The Morgan fingerprint density at radius 2 is 1.08 bits per heavy atom. The fourth-order valence-corrected chi connectivity index (χ4v) is 8.73. The average Bonchev–Trinajstić information content (AvgIpc) is 3.87. The molecule has 0 saturated heterocycles. The molecule has 6 heteroatoms. The van der Waals surface area contributed by atoms with Gasteiger partial charge in [0.1, 0.15) is 11.2 Å². The SMILES string of the molecule is c1ccc(-c2nc(-c3ccc4c(c3)sc3ccccc34)nc(-c3cccc4c3oc3cccc(-n5c6ccccc6c6ccccc65)c34)n2)cc1. The van der Waals surface area contributed by atoms with Gasteiger partial charge < -0.3 is 8.98 Å². The Balaban J connectivity index is 1.15. The van der Waals surface area contributed by atoms with Crippen molar-refractivity contribution in [2.75, 3.05) is 0 Å². The van der Waals surface area contributed by atoms with Crippen LogP contribution in [0, 0.1) is 0 Å². The number of nitrogens with zero attached hydrogens (tertiary/aromatic N) is 4. The van der Waals surface area contributed by atoms with E-state index in [-0.39, 0.29) is 0 Å². The van der Waals surface area contributed by atoms with Crippen LogP contribution in [0.1, 0.15) is 0 Å². The minimum atomic E-state index is 0.568. The first-order chi connectivity index (χ1) is 25.3. The van der Waals surface area contributed by atoms with Crippen LogP contribution in [0.2, 0.25) is 0 Å². The van der Waals surface area contributed by atoms with E-state index in [1.807, 2.05) is 42.5 Å². The van der Waals surface area contributed by atoms with Crippen LogP contribution in [-0.2, 0) is 0 Å². The molecule has 0 radical (unpaired) electrons. The predicted molar refractivity (Wildman–Crippen MR) is 211 cm³/mol. The molecule has 0 aliphatic carbocycles. The maximum atomic E-state index is 6.77. The molecule has 0 spiro atoms. The molecule has 4 heterocycles. The van der Waals surface area contributed by atoms with Crippen LogP contribution in [0.25, 0.3) is 104 Å². The molecular formula is C45H26N4OS. The van der Waals surface area contributed by atoms with Crippen molar-refractivity contribution in [3.05, 3.63) is 158 Å². The van der Waals surface area contributed by atoms with Crippen LogP contribution in [0.3, 0.4) is 0 Å². The van der Waals surface area contributed by atoms with Crippen molar-refractivity contribution in [2.24, 2.45) is 0 Å². The van der Waals surface area contributed by atoms with Gasteiger partial charge in [-0.3, -0.25) is 0 Å². The highest BCUT2D eigenvalue weighted by Crippen LogP contribution is 2.42. The third kappa shape index (κ3) is 4.30. The molecule has 7 aromatic carbocycles. The quantitative estimate of drug-likeness (QED) is 0.187. The summed E-state index contributed by atoms with van der Waals surface area (Å²) in [5, 5.41) is 7.01. The normalized spacial score (nSPS) is 11.9. The molecular weight excluding hydrogens is 645 g/mol. The molecule has 5 nitrogen and oxygen atoms in total. The number of fused-ring (bicyclic) bond motifs is 9. The summed E-state index contributed by atoms with van der Waals surface area (Å²) in [6, 6.07) is 54.9. The van der Waals surface area contributed by atoms with Crippen LogP contribution in [-0.4, -0.2) is 19.5 Å². The summed E-state index contributed by atoms with van der Waals surface area (Å²) in [6.45, 7) is 0. The monoisotopic (exact) mass is 670 g/mol. The Hall–Kier alpha value is -6.63. The molecule has 0 aliphatic rings. The van der Waals surface area contributed by atoms with Crippen LogP contribution < -0.4 is 0 Å². The Morgan fingerprint density at radius 3 is 1.88 bits per heavy atom. The summed E-state index contributed by atoms with van der Waals surface area (Å²) in [5.41, 5.74) is 7.63. The van der Waals surface area contributed by atoms with Crippen LogP contribution in [0.4, 0.5) is 0 Å². The van der Waals surface area contributed by atoms with E-state index in [1.54, 1.807) is 11.3 Å². The third-order valence-electron chi connectivity index (χ3n) is 9.87. The molecule has 0 aliphatic heterocycles. The van der Waals surface area contributed by atoms with Gasteiger partial charge in [0.25, 0.3) is 0 Å². The summed E-state index contributed by atoms with van der Waals surface area (Å²) in [5.74, 6) is 1.81. The number of thiophene rings is 1. The number of benzene rings is 7. The van der Waals surface area contributed by atoms with Crippen LogP contribution in [0.15, 0.2) is 162 Å². The summed E-state index contributed by atoms with van der Waals surface area (Å²) >= 11 is 1.79. The number of hydrogen-bond acceptors (Lipinski definition) is 5. The molecule has 4 aromatic heterocycles. The second-order valence-electron chi connectivity index (χ2n) is 12.8. The first-order valence-electron chi connectivity index (χ1n) is 16.9. The summed E-state index contributed by atoms with van der Waals surface area (Å²) in [4.78, 5) is 15.3. The maximum absolute atomic E-state index is 6.77. The maximum Gasteiger partial charge on any atom is 0.167 e. The zero-order valence-corrected chi connectivity index (χ0v) is 27.9. The summed E-state index contributed by atoms with van der Waals surface area (Å²) in [6.07, 6.45) is 0. The Kier molecular flexibility index (Phi) is 6.05. The van der Waals surface area contributed by atoms with E-state index in [0.29, 0.717) is 17.5 Å². The third-order valence-corrected chi connectivity index (χ3v) is 11.0. The van der Waals surface area contributed by atoms with Gasteiger partial charge in [-0.2, -0.15) is 0 Å². The minimum Gasteiger partial charge on any atom is -0.455 e. The van der Waals surface area contributed by atoms with Crippen molar-refractivity contribution in [1.29, 1.82) is 0 Å². The second kappa shape index (κ2) is 10.9. The van der Waals surface area contributed by atoms with Gasteiger partial charge in [-0.05, 0) is 42.5 Å². The standard InChI is InChI=1S/C45H26N4OS/c1-2-12-27(13-3-1)43-46-44(28-24-25-32-31-16-6-9-23-39(31)51-40(32)26-28)48-45(47-43)34-18-10-17-33-41-37(21-11-22-38(41)50-42(33)34)49-35-19-7-4-14-29(35)30-15-5-8-20-36(30)49/h1-26H. The van der Waals surface area contributed by atoms with Crippen molar-refractivity contribution in [3.8, 4) is 39.9 Å². The van der Waals surface area contributed by atoms with Gasteiger partial charge in [-0.1, -0.05) is 115 Å². The van der Waals surface area contributed by atoms with Crippen LogP contribution >= 0.6 is 11.3 Å². The molecule has 0 unspecified atom stereocenters. The van der Waals surface area contributed by atoms with E-state index in [1.165, 1.54) is 30.9 Å². The highest BCUT2D eigenvalue weighted by Gasteiger charge is 2.21. The highest BCUT2D eigenvalue weighted by molar-refractivity contribution is 7.25. The molecule has 0 amide bonds. The van der Waals surface area contributed by atoms with Crippen molar-refractivity contribution < 1.29 is 4.42 Å². The summed E-state index contributed by atoms with van der Waals surface area (Å²) in [7, 11) is 0. The van der Waals surface area contributed by atoms with Gasteiger partial charge in [0.2, 0.25) is 0 Å². The number of rotatable bonds is 4. The highest BCUT2D eigenvalue weighted by atomic mass is 32.1. The average molecular weight is 671 g/mol. The van der Waals surface area contributed by atoms with Gasteiger partial charge in [0.15, 0.2) is 17.5 Å². The molecule has 11 aromatic rings. The van der Waals surface area contributed by atoms with Crippen molar-refractivity contribution in [2.45, 2.75) is 0 Å². The van der Waals surface area contributed by atoms with Gasteiger partial charge in [-0.15, -0.1) is 11.3 Å². The predicted octanol–water partition coefficient (Wildman–Crippen LogP) is 12.2. The van der Waals surface area contributed by atoms with Crippen molar-refractivity contribution >= 4 is 75.3 Å². The Bertz CT molecular complexity index is 3100. The topological polar surface area (TPSA) is 56.7 Å². The van der Waals surface area contributed by atoms with E-state index >= 15 is 0 Å². The first-order valence-corrected chi connectivity index (χ1v) is 17.8. The Morgan fingerprint density at radius 1 is 0.451 bits per heavy atom. The second-order valence-corrected chi connectivity index (χ2v) is 13.9. The largest absolute Gasteiger partial charge is 0.455 e. The zero-order valence-electron chi connectivity index (χ0n) is 27.1. The number of hydrogen-bond donors (Lipinski definition) is 0. The first kappa shape index (κ1) is 28.2. The molecule has 0 bridgehead atoms. The molecule has 0 atom stereocenters. The number of aromatic nitrogens is 4. The van der Waals surface area contributed by atoms with Crippen LogP contribution in [0.5, 0.6) is 0 Å². The van der Waals surface area contributed by atoms with Crippen molar-refractivity contribution in [3.63, 3.8) is 0 Å². The van der Waals surface area contributed by atoms with E-state index in [4.69, 9.17) is 19.4 Å². The lowest BCUT2D eigenvalue weighted by atomic mass is 10.1. The number of furan rings is 1. The number of para-hydroxylation sites is 3. The van der Waals surface area contributed by atoms with E-state index in [9.17, 15) is 0 Å². The van der Waals surface area contributed by atoms with Gasteiger partial charge in [0.05, 0.1) is 27.7 Å². The lowest BCUT2D eigenvalue weighted by molar-refractivity contribution is 0.669. The zero-order chi connectivity index (χ0) is 33.5. The van der Waals surface area contributed by atoms with Gasteiger partial charge in [-0.25, -0.2) is 15.0 Å². The molecule has 0 fully saturated rings. The molecule has 51 heavy (non-hydrogen) atoms.